The number of rotatable bonds is 0. The summed E-state index contributed by atoms with van der Waals surface area (Å²) in [5.41, 5.74) is 4.95. The van der Waals surface area contributed by atoms with Crippen LogP contribution in [0.15, 0.2) is 0 Å². The molecule has 0 aromatic heterocycles. The van der Waals surface area contributed by atoms with E-state index in [0.717, 1.165) is 0 Å². The second-order valence-electron chi connectivity index (χ2n) is 0.606. The Hall–Kier alpha value is -0.690. The molecule has 0 rings (SSSR count). The van der Waals surface area contributed by atoms with Crippen LogP contribution in [-0.2, 0) is 0 Å². The van der Waals surface area contributed by atoms with E-state index in [0.29, 0.717) is 5.17 Å². The Morgan fingerprint density at radius 2 is 2.00 bits per heavy atom. The van der Waals surface area contributed by atoms with Gasteiger partial charge in [0.05, 0.1) is 0 Å². The molecular formula is C3H7N3S. The third-order valence-corrected chi connectivity index (χ3v) is 0.707. The van der Waals surface area contributed by atoms with Crippen molar-refractivity contribution in [2.45, 2.75) is 0 Å². The highest BCUT2D eigenvalue weighted by atomic mass is 32.2. The van der Waals surface area contributed by atoms with Gasteiger partial charge in [0.1, 0.15) is 0 Å². The molecular weight excluding hydrogens is 110 g/mol. The number of thioether (sulfide) groups is 1. The van der Waals surface area contributed by atoms with Crippen LogP contribution in [0.4, 0.5) is 0 Å². The van der Waals surface area contributed by atoms with E-state index in [4.69, 9.17) is 23.0 Å². The molecule has 0 aliphatic carbocycles. The van der Waals surface area contributed by atoms with Crippen LogP contribution in [-0.4, -0.2) is 11.4 Å². The average molecular weight is 117 g/mol. The largest absolute Gasteiger partial charge is 0.512 e. The van der Waals surface area contributed by atoms with Crippen LogP contribution < -0.4 is 11.1 Å². The quantitative estimate of drug-likeness (QED) is 0.231. The van der Waals surface area contributed by atoms with Gasteiger partial charge in [-0.25, -0.2) is 0 Å². The van der Waals surface area contributed by atoms with Crippen LogP contribution in [0.5, 0.6) is 0 Å². The normalized spacial score (nSPS) is 5.57. The molecule has 0 atom stereocenters. The average Bonchev–Trinajstić information content (AvgIpc) is 1.73. The minimum absolute atomic E-state index is 0.421. The van der Waals surface area contributed by atoms with E-state index in [9.17, 15) is 0 Å². The SMILES string of the molecule is CSC(N)=[NH2+].[C-]#N. The summed E-state index contributed by atoms with van der Waals surface area (Å²) in [7, 11) is 0. The second-order valence-corrected chi connectivity index (χ2v) is 1.49. The number of hydrogen-bond acceptors (Lipinski definition) is 2. The van der Waals surface area contributed by atoms with Crippen molar-refractivity contribution in [2.75, 3.05) is 6.26 Å². The van der Waals surface area contributed by atoms with Gasteiger partial charge >= 0.3 is 0 Å². The summed E-state index contributed by atoms with van der Waals surface area (Å²) in [5.74, 6) is 0. The molecule has 0 heterocycles. The molecule has 0 aliphatic heterocycles. The van der Waals surface area contributed by atoms with Gasteiger partial charge < -0.3 is 11.8 Å². The van der Waals surface area contributed by atoms with E-state index in [1.165, 1.54) is 11.8 Å². The van der Waals surface area contributed by atoms with Gasteiger partial charge in [-0.15, -0.1) is 0 Å². The molecule has 0 amide bonds. The van der Waals surface area contributed by atoms with E-state index in [1.54, 1.807) is 0 Å². The van der Waals surface area contributed by atoms with Crippen LogP contribution in [0.2, 0.25) is 0 Å². The van der Waals surface area contributed by atoms with Gasteiger partial charge in [-0.1, -0.05) is 0 Å². The molecule has 0 fully saturated rings. The maximum Gasteiger partial charge on any atom is 0.299 e. The highest BCUT2D eigenvalue weighted by Crippen LogP contribution is 1.79. The lowest BCUT2D eigenvalue weighted by atomic mass is 11.4. The molecule has 0 saturated carbocycles. The van der Waals surface area contributed by atoms with Crippen LogP contribution in [0.25, 0.3) is 0 Å². The van der Waals surface area contributed by atoms with Gasteiger partial charge in [0.2, 0.25) is 0 Å². The molecule has 0 aromatic carbocycles. The Morgan fingerprint density at radius 1 is 1.86 bits per heavy atom. The standard InChI is InChI=1S/C2H6N2S.CN/c1-5-2(3)4;1-2/h1H3,(H3,3,4);/q;-1/p+1. The maximum absolute atomic E-state index is 6.25. The molecule has 3 nitrogen and oxygen atoms in total. The van der Waals surface area contributed by atoms with Gasteiger partial charge in [0.25, 0.3) is 5.17 Å². The topological polar surface area (TPSA) is 75.4 Å². The van der Waals surface area contributed by atoms with Crippen molar-refractivity contribution in [1.82, 2.24) is 0 Å². The summed E-state index contributed by atoms with van der Waals surface area (Å²) >= 11 is 1.35. The number of nitrogens with zero attached hydrogens (tertiary/aromatic N) is 1. The highest BCUT2D eigenvalue weighted by Gasteiger charge is 1.80. The van der Waals surface area contributed by atoms with Crippen molar-refractivity contribution < 1.29 is 5.41 Å². The van der Waals surface area contributed by atoms with Crippen molar-refractivity contribution in [1.29, 1.82) is 5.26 Å². The lowest BCUT2D eigenvalue weighted by molar-refractivity contribution is -0.110. The Balaban J connectivity index is 0. The zero-order chi connectivity index (χ0) is 6.28. The molecule has 0 unspecified atom stereocenters. The third-order valence-electron chi connectivity index (χ3n) is 0.236. The smallest absolute Gasteiger partial charge is 0.299 e. The molecule has 0 saturated heterocycles. The van der Waals surface area contributed by atoms with Gasteiger partial charge in [0, 0.05) is 0 Å². The first-order valence-electron chi connectivity index (χ1n) is 1.41. The van der Waals surface area contributed by atoms with Crippen LogP contribution in [0.1, 0.15) is 0 Å². The van der Waals surface area contributed by atoms with Crippen LogP contribution >= 0.6 is 11.8 Å². The molecule has 4 N–H and O–H groups in total. The van der Waals surface area contributed by atoms with Crippen molar-refractivity contribution in [3.05, 3.63) is 6.57 Å². The molecule has 0 bridgehead atoms. The van der Waals surface area contributed by atoms with E-state index in [1.807, 2.05) is 6.26 Å². The Bertz CT molecular complexity index is 67.8. The summed E-state index contributed by atoms with van der Waals surface area (Å²) in [6.45, 7) is 4.75. The summed E-state index contributed by atoms with van der Waals surface area (Å²) in [6, 6.07) is 0. The van der Waals surface area contributed by atoms with Crippen LogP contribution in [0.3, 0.4) is 0 Å². The van der Waals surface area contributed by atoms with Crippen molar-refractivity contribution in [3.63, 3.8) is 0 Å². The summed E-state index contributed by atoms with van der Waals surface area (Å²) in [4.78, 5) is 0. The lowest BCUT2D eigenvalue weighted by Crippen LogP contribution is -2.42. The highest BCUT2D eigenvalue weighted by molar-refractivity contribution is 8.12. The van der Waals surface area contributed by atoms with E-state index >= 15 is 0 Å². The van der Waals surface area contributed by atoms with Gasteiger partial charge in [0.15, 0.2) is 0 Å². The lowest BCUT2D eigenvalue weighted by Gasteiger charge is -1.70. The number of nitrogens with two attached hydrogens (primary N) is 2. The Labute approximate surface area is 47.0 Å². The summed E-state index contributed by atoms with van der Waals surface area (Å²) in [6.07, 6.45) is 1.83. The van der Waals surface area contributed by atoms with E-state index in [-0.39, 0.29) is 0 Å². The summed E-state index contributed by atoms with van der Waals surface area (Å²) < 4.78 is 0. The first-order valence-corrected chi connectivity index (χ1v) is 2.64. The minimum Gasteiger partial charge on any atom is -0.512 e. The predicted octanol–water partition coefficient (Wildman–Crippen LogP) is -1.48. The fraction of sp³-hybridized carbons (Fsp3) is 0.333. The zero-order valence-electron chi connectivity index (χ0n) is 4.01. The third kappa shape index (κ3) is 33.9. The second kappa shape index (κ2) is 9.00. The van der Waals surface area contributed by atoms with Gasteiger partial charge in [-0.3, -0.25) is 11.1 Å². The molecule has 0 radical (unpaired) electrons. The van der Waals surface area contributed by atoms with Gasteiger partial charge in [-0.05, 0) is 18.0 Å². The van der Waals surface area contributed by atoms with Crippen molar-refractivity contribution >= 4 is 16.9 Å². The fourth-order valence-corrected chi connectivity index (χ4v) is 0. The Morgan fingerprint density at radius 3 is 2.00 bits per heavy atom. The minimum atomic E-state index is 0.421. The monoisotopic (exact) mass is 117 g/mol. The number of hydrogen-bond donors (Lipinski definition) is 2. The molecule has 0 aliphatic rings. The number of amidine groups is 1. The van der Waals surface area contributed by atoms with E-state index < -0.39 is 0 Å². The predicted molar refractivity (Wildman–Crippen MR) is 29.6 cm³/mol. The first-order chi connectivity index (χ1) is 3.27. The molecule has 0 aromatic rings. The Kier molecular flexibility index (Phi) is 12.3. The van der Waals surface area contributed by atoms with E-state index in [2.05, 4.69) is 0 Å². The zero-order valence-corrected chi connectivity index (χ0v) is 4.83. The van der Waals surface area contributed by atoms with Crippen LogP contribution in [0, 0.1) is 11.8 Å². The maximum atomic E-state index is 6.25. The first kappa shape index (κ1) is 9.58. The fourth-order valence-electron chi connectivity index (χ4n) is 0. The van der Waals surface area contributed by atoms with Crippen molar-refractivity contribution in [3.8, 4) is 0 Å². The van der Waals surface area contributed by atoms with Gasteiger partial charge in [-0.2, -0.15) is 0 Å². The molecule has 40 valence electrons. The molecule has 0 spiro atoms. The molecule has 4 heteroatoms. The van der Waals surface area contributed by atoms with Crippen molar-refractivity contribution in [2.24, 2.45) is 5.73 Å². The molecule has 7 heavy (non-hydrogen) atoms. The summed E-state index contributed by atoms with van der Waals surface area (Å²) in [5, 5.41) is 11.6.